The lowest BCUT2D eigenvalue weighted by molar-refractivity contribution is -0.266. The predicted octanol–water partition coefficient (Wildman–Crippen LogP) is 1.69. The second-order valence-electron chi connectivity index (χ2n) is 10.6. The minimum atomic E-state index is -1.35. The number of esters is 1. The highest BCUT2D eigenvalue weighted by Crippen LogP contribution is 2.71. The molecule has 9 atom stereocenters. The van der Waals surface area contributed by atoms with Crippen LogP contribution in [0.5, 0.6) is 0 Å². The Morgan fingerprint density at radius 2 is 1.89 bits per heavy atom. The molecule has 4 rings (SSSR count). The Morgan fingerprint density at radius 1 is 1.21 bits per heavy atom. The zero-order chi connectivity index (χ0) is 20.6. The number of hydrogen-bond donors (Lipinski definition) is 3. The molecule has 0 amide bonds. The van der Waals surface area contributed by atoms with Gasteiger partial charge < -0.3 is 20.1 Å². The Morgan fingerprint density at radius 3 is 2.50 bits per heavy atom. The Balaban J connectivity index is 1.94. The van der Waals surface area contributed by atoms with E-state index < -0.39 is 46.9 Å². The van der Waals surface area contributed by atoms with Gasteiger partial charge in [0.15, 0.2) is 0 Å². The molecule has 2 bridgehead atoms. The van der Waals surface area contributed by atoms with Gasteiger partial charge in [0, 0.05) is 30.8 Å². The van der Waals surface area contributed by atoms with Crippen molar-refractivity contribution in [1.82, 2.24) is 0 Å². The topological polar surface area (TPSA) is 104 Å². The lowest BCUT2D eigenvalue weighted by Crippen LogP contribution is -2.72. The van der Waals surface area contributed by atoms with E-state index in [1.165, 1.54) is 6.92 Å². The maximum absolute atomic E-state index is 13.5. The third-order valence-corrected chi connectivity index (χ3v) is 9.11. The van der Waals surface area contributed by atoms with Gasteiger partial charge in [-0.05, 0) is 42.9 Å². The van der Waals surface area contributed by atoms with E-state index >= 15 is 0 Å². The normalized spacial score (nSPS) is 52.0. The average Bonchev–Trinajstić information content (AvgIpc) is 2.73. The van der Waals surface area contributed by atoms with Gasteiger partial charge in [-0.1, -0.05) is 27.2 Å². The highest BCUT2D eigenvalue weighted by Gasteiger charge is 2.77. The fourth-order valence-corrected chi connectivity index (χ4v) is 8.12. The number of aliphatic hydroxyl groups excluding tert-OH is 3. The van der Waals surface area contributed by atoms with Crippen LogP contribution in [0, 0.1) is 39.9 Å². The van der Waals surface area contributed by atoms with Crippen LogP contribution in [0.25, 0.3) is 0 Å². The molecule has 28 heavy (non-hydrogen) atoms. The molecule has 0 radical (unpaired) electrons. The van der Waals surface area contributed by atoms with Crippen LogP contribution in [0.15, 0.2) is 0 Å². The number of fused-ring (bicyclic) bond motifs is 3. The quantitative estimate of drug-likeness (QED) is 0.616. The van der Waals surface area contributed by atoms with Crippen molar-refractivity contribution >= 4 is 11.8 Å². The molecule has 6 heteroatoms. The first-order chi connectivity index (χ1) is 13.0. The van der Waals surface area contributed by atoms with Gasteiger partial charge in [-0.3, -0.25) is 9.59 Å². The molecule has 0 aromatic heterocycles. The van der Waals surface area contributed by atoms with Gasteiger partial charge in [-0.15, -0.1) is 0 Å². The van der Waals surface area contributed by atoms with E-state index in [1.54, 1.807) is 0 Å². The SMILES string of the molecule is CC(=O)O[C@H]1C[C@@H]2[C@@H](O)[C@@]3(C(=O)[C@@H]2C)[C@H](O)C[C@@H]2C(C)(C)CCC[C@@]2(CO)[C@H]13. The smallest absolute Gasteiger partial charge is 0.302 e. The molecule has 4 aliphatic rings. The average molecular weight is 395 g/mol. The van der Waals surface area contributed by atoms with Crippen LogP contribution in [0.4, 0.5) is 0 Å². The van der Waals surface area contributed by atoms with Gasteiger partial charge in [-0.2, -0.15) is 0 Å². The van der Waals surface area contributed by atoms with Crippen LogP contribution < -0.4 is 0 Å². The Labute approximate surface area is 166 Å². The molecule has 0 unspecified atom stereocenters. The molecular weight excluding hydrogens is 360 g/mol. The molecule has 4 saturated carbocycles. The first-order valence-corrected chi connectivity index (χ1v) is 10.7. The van der Waals surface area contributed by atoms with Crippen molar-refractivity contribution in [3.63, 3.8) is 0 Å². The van der Waals surface area contributed by atoms with E-state index in [0.717, 1.165) is 12.8 Å². The lowest BCUT2D eigenvalue weighted by atomic mass is 9.39. The Hall–Kier alpha value is -0.980. The van der Waals surface area contributed by atoms with Crippen LogP contribution >= 0.6 is 0 Å². The zero-order valence-corrected chi connectivity index (χ0v) is 17.4. The van der Waals surface area contributed by atoms with Gasteiger partial charge >= 0.3 is 5.97 Å². The summed E-state index contributed by atoms with van der Waals surface area (Å²) in [6, 6.07) is 0. The van der Waals surface area contributed by atoms with E-state index in [0.29, 0.717) is 19.3 Å². The summed E-state index contributed by atoms with van der Waals surface area (Å²) < 4.78 is 5.75. The summed E-state index contributed by atoms with van der Waals surface area (Å²) in [5.74, 6) is -1.83. The van der Waals surface area contributed by atoms with E-state index in [4.69, 9.17) is 4.74 Å². The summed E-state index contributed by atoms with van der Waals surface area (Å²) in [5.41, 5.74) is -2.11. The zero-order valence-electron chi connectivity index (χ0n) is 17.4. The molecule has 0 saturated heterocycles. The van der Waals surface area contributed by atoms with Gasteiger partial charge in [0.1, 0.15) is 11.9 Å². The minimum Gasteiger partial charge on any atom is -0.462 e. The molecule has 0 aromatic carbocycles. The molecule has 0 aliphatic heterocycles. The number of aliphatic hydroxyl groups is 3. The fourth-order valence-electron chi connectivity index (χ4n) is 8.12. The minimum absolute atomic E-state index is 0.00473. The highest BCUT2D eigenvalue weighted by molar-refractivity contribution is 5.92. The monoisotopic (exact) mass is 394 g/mol. The summed E-state index contributed by atoms with van der Waals surface area (Å²) in [4.78, 5) is 25.5. The van der Waals surface area contributed by atoms with E-state index in [9.17, 15) is 24.9 Å². The predicted molar refractivity (Wildman–Crippen MR) is 101 cm³/mol. The lowest BCUT2D eigenvalue weighted by Gasteiger charge is -2.66. The van der Waals surface area contributed by atoms with Crippen molar-refractivity contribution in [2.45, 2.75) is 78.1 Å². The van der Waals surface area contributed by atoms with Crippen LogP contribution in [0.2, 0.25) is 0 Å². The number of carbonyl (C=O) groups excluding carboxylic acids is 2. The van der Waals surface area contributed by atoms with Crippen LogP contribution in [0.1, 0.15) is 59.8 Å². The number of Topliss-reactive ketones (excluding diaryl/α,β-unsaturated/α-hetero) is 1. The number of ether oxygens (including phenoxy) is 1. The maximum atomic E-state index is 13.5. The van der Waals surface area contributed by atoms with Crippen LogP contribution in [-0.2, 0) is 14.3 Å². The Bertz CT molecular complexity index is 689. The summed E-state index contributed by atoms with van der Waals surface area (Å²) >= 11 is 0. The number of carbonyl (C=O) groups is 2. The molecule has 1 spiro atoms. The van der Waals surface area contributed by atoms with Crippen molar-refractivity contribution in [3.05, 3.63) is 0 Å². The molecular formula is C22H34O6. The highest BCUT2D eigenvalue weighted by atomic mass is 16.5. The largest absolute Gasteiger partial charge is 0.462 e. The van der Waals surface area contributed by atoms with Gasteiger partial charge in [0.25, 0.3) is 0 Å². The third kappa shape index (κ3) is 2.25. The van der Waals surface area contributed by atoms with E-state index in [1.807, 2.05) is 6.92 Å². The Kier molecular flexibility index (Phi) is 4.54. The van der Waals surface area contributed by atoms with E-state index in [-0.39, 0.29) is 29.6 Å². The van der Waals surface area contributed by atoms with Crippen molar-refractivity contribution in [2.24, 2.45) is 39.9 Å². The molecule has 3 N–H and O–H groups in total. The summed E-state index contributed by atoms with van der Waals surface area (Å²) in [6.07, 6.45) is 0.874. The summed E-state index contributed by atoms with van der Waals surface area (Å²) in [7, 11) is 0. The summed E-state index contributed by atoms with van der Waals surface area (Å²) in [6.45, 7) is 7.37. The number of rotatable bonds is 2. The third-order valence-electron chi connectivity index (χ3n) is 9.11. The van der Waals surface area contributed by atoms with Gasteiger partial charge in [0.05, 0.1) is 17.6 Å². The van der Waals surface area contributed by atoms with Gasteiger partial charge in [-0.25, -0.2) is 0 Å². The fraction of sp³-hybridized carbons (Fsp3) is 0.909. The standard InChI is InChI=1S/C22H34O6/c1-11-13-8-14(28-12(2)24)17-21(10-23)7-5-6-20(3,4)15(21)9-16(25)22(17,18(11)26)19(13)27/h11,13-17,19,23,25,27H,5-10H2,1-4H3/t11-,13+,14+,15-,16-,17+,19-,21+,22+/m1/s1. The molecule has 4 fully saturated rings. The maximum Gasteiger partial charge on any atom is 0.302 e. The van der Waals surface area contributed by atoms with Crippen LogP contribution in [-0.4, -0.2) is 52.0 Å². The molecule has 158 valence electrons. The van der Waals surface area contributed by atoms with Crippen molar-refractivity contribution in [2.75, 3.05) is 6.61 Å². The number of ketones is 1. The first-order valence-electron chi connectivity index (χ1n) is 10.7. The van der Waals surface area contributed by atoms with Crippen molar-refractivity contribution in [1.29, 1.82) is 0 Å². The summed E-state index contributed by atoms with van der Waals surface area (Å²) in [5, 5.41) is 33.4. The molecule has 0 heterocycles. The molecule has 6 nitrogen and oxygen atoms in total. The van der Waals surface area contributed by atoms with Crippen LogP contribution in [0.3, 0.4) is 0 Å². The molecule has 4 aliphatic carbocycles. The van der Waals surface area contributed by atoms with Gasteiger partial charge in [0.2, 0.25) is 0 Å². The van der Waals surface area contributed by atoms with Crippen molar-refractivity contribution < 1.29 is 29.6 Å². The second-order valence-corrected chi connectivity index (χ2v) is 10.6. The first kappa shape index (κ1) is 20.3. The van der Waals surface area contributed by atoms with Crippen molar-refractivity contribution in [3.8, 4) is 0 Å². The number of hydrogen-bond acceptors (Lipinski definition) is 6. The van der Waals surface area contributed by atoms with E-state index in [2.05, 4.69) is 13.8 Å². The second kappa shape index (κ2) is 6.26. The molecule has 0 aromatic rings.